The summed E-state index contributed by atoms with van der Waals surface area (Å²) in [4.78, 5) is 13.0. The van der Waals surface area contributed by atoms with Gasteiger partial charge in [-0.2, -0.15) is 5.10 Å². The number of halogens is 4. The number of carbonyl (C=O) groups is 1. The van der Waals surface area contributed by atoms with Crippen molar-refractivity contribution in [3.63, 3.8) is 0 Å². The molecule has 0 aliphatic carbocycles. The van der Waals surface area contributed by atoms with E-state index >= 15 is 0 Å². The van der Waals surface area contributed by atoms with Crippen molar-refractivity contribution in [3.8, 4) is 0 Å². The van der Waals surface area contributed by atoms with Gasteiger partial charge in [0.05, 0.1) is 10.8 Å². The van der Waals surface area contributed by atoms with E-state index in [2.05, 4.69) is 5.10 Å². The first kappa shape index (κ1) is 22.0. The number of ether oxygens (including phenoxy) is 1. The molecule has 27 heavy (non-hydrogen) atoms. The smallest absolute Gasteiger partial charge is 0.410 e. The molecule has 1 amide bonds. The van der Waals surface area contributed by atoms with Crippen LogP contribution >= 0.6 is 11.6 Å². The fraction of sp³-hybridized carbons (Fsp3) is 0.750. The van der Waals surface area contributed by atoms with Crippen molar-refractivity contribution < 1.29 is 26.9 Å². The molecule has 11 heteroatoms. The fourth-order valence-electron chi connectivity index (χ4n) is 2.79. The normalized spacial score (nSPS) is 18.6. The monoisotopic (exact) mass is 429 g/mol. The van der Waals surface area contributed by atoms with Crippen molar-refractivity contribution in [2.45, 2.75) is 56.0 Å². The van der Waals surface area contributed by atoms with Crippen LogP contribution in [0.4, 0.5) is 18.0 Å². The molecule has 6 nitrogen and oxygen atoms in total. The minimum Gasteiger partial charge on any atom is -0.444 e. The lowest BCUT2D eigenvalue weighted by Crippen LogP contribution is -2.43. The van der Waals surface area contributed by atoms with Crippen LogP contribution in [0.2, 0.25) is 5.15 Å². The largest absolute Gasteiger partial charge is 0.444 e. The van der Waals surface area contributed by atoms with Gasteiger partial charge in [0.2, 0.25) is 0 Å². The highest BCUT2D eigenvalue weighted by molar-refractivity contribution is 7.85. The molecule has 1 aromatic rings. The van der Waals surface area contributed by atoms with Gasteiger partial charge < -0.3 is 9.64 Å². The molecular formula is C16H23ClF3N3O3S. The Hall–Kier alpha value is -1.29. The predicted octanol–water partition coefficient (Wildman–Crippen LogP) is 4.06. The van der Waals surface area contributed by atoms with Crippen LogP contribution in [0, 0.1) is 5.92 Å². The van der Waals surface area contributed by atoms with Crippen LogP contribution in [0.15, 0.2) is 4.90 Å². The maximum Gasteiger partial charge on any atom is 0.410 e. The molecule has 0 saturated carbocycles. The third kappa shape index (κ3) is 5.16. The highest BCUT2D eigenvalue weighted by Gasteiger charge is 2.37. The zero-order valence-electron chi connectivity index (χ0n) is 15.5. The van der Waals surface area contributed by atoms with Crippen LogP contribution in [0.1, 0.15) is 45.7 Å². The first-order valence-corrected chi connectivity index (χ1v) is 10.0. The van der Waals surface area contributed by atoms with Crippen molar-refractivity contribution in [1.29, 1.82) is 0 Å². The van der Waals surface area contributed by atoms with E-state index in [1.54, 1.807) is 20.8 Å². The summed E-state index contributed by atoms with van der Waals surface area (Å²) in [5.41, 5.74) is -3.29. The number of carbonyl (C=O) groups excluding carboxylic acids is 1. The molecular weight excluding hydrogens is 407 g/mol. The van der Waals surface area contributed by atoms with Gasteiger partial charge in [-0.05, 0) is 33.6 Å². The van der Waals surface area contributed by atoms with Crippen LogP contribution in [0.5, 0.6) is 0 Å². The van der Waals surface area contributed by atoms with Gasteiger partial charge >= 0.3 is 6.09 Å². The molecule has 2 atom stereocenters. The maximum atomic E-state index is 14.8. The molecule has 1 saturated heterocycles. The first-order valence-electron chi connectivity index (χ1n) is 8.45. The lowest BCUT2D eigenvalue weighted by molar-refractivity contribution is 0.0167. The number of aromatic nitrogens is 2. The summed E-state index contributed by atoms with van der Waals surface area (Å²) in [5, 5.41) is 3.27. The molecule has 1 fully saturated rings. The van der Waals surface area contributed by atoms with Gasteiger partial charge in [-0.3, -0.25) is 8.89 Å². The maximum absolute atomic E-state index is 14.8. The Kier molecular flexibility index (Phi) is 6.83. The highest BCUT2D eigenvalue weighted by Crippen LogP contribution is 2.35. The molecule has 2 unspecified atom stereocenters. The number of piperidine rings is 1. The molecule has 0 spiro atoms. The predicted molar refractivity (Wildman–Crippen MR) is 95.0 cm³/mol. The SMILES string of the molecule is Cn1nc(C(F)F)c(S(=O)C(F)C2CCN(C(=O)OC(C)(C)C)CC2)c1Cl. The molecule has 1 aromatic heterocycles. The van der Waals surface area contributed by atoms with Crippen molar-refractivity contribution in [3.05, 3.63) is 10.8 Å². The van der Waals surface area contributed by atoms with Gasteiger partial charge in [0.1, 0.15) is 21.3 Å². The minimum absolute atomic E-state index is 0.236. The second kappa shape index (κ2) is 8.38. The van der Waals surface area contributed by atoms with E-state index in [1.807, 2.05) is 0 Å². The van der Waals surface area contributed by atoms with Crippen LogP contribution in [0.3, 0.4) is 0 Å². The van der Waals surface area contributed by atoms with Crippen molar-refractivity contribution in [2.75, 3.05) is 13.1 Å². The summed E-state index contributed by atoms with van der Waals surface area (Å²) in [7, 11) is -1.06. The van der Waals surface area contributed by atoms with E-state index in [0.29, 0.717) is 0 Å². The van der Waals surface area contributed by atoms with Gasteiger partial charge in [0, 0.05) is 26.1 Å². The average molecular weight is 430 g/mol. The number of alkyl halides is 3. The molecule has 2 rings (SSSR count). The molecule has 1 aliphatic heterocycles. The van der Waals surface area contributed by atoms with E-state index in [-0.39, 0.29) is 31.1 Å². The van der Waals surface area contributed by atoms with Crippen LogP contribution in [-0.4, -0.2) is 49.2 Å². The second-order valence-corrected chi connectivity index (χ2v) is 9.19. The summed E-state index contributed by atoms with van der Waals surface area (Å²) in [6, 6.07) is 0. The van der Waals surface area contributed by atoms with Crippen LogP contribution in [0.25, 0.3) is 0 Å². The zero-order valence-corrected chi connectivity index (χ0v) is 17.1. The molecule has 154 valence electrons. The average Bonchev–Trinajstić information content (AvgIpc) is 2.87. The van der Waals surface area contributed by atoms with Gasteiger partial charge in [-0.15, -0.1) is 0 Å². The summed E-state index contributed by atoms with van der Waals surface area (Å²) < 4.78 is 59.8. The quantitative estimate of drug-likeness (QED) is 0.724. The molecule has 1 aliphatic rings. The third-order valence-corrected chi connectivity index (χ3v) is 6.28. The number of likely N-dealkylation sites (tertiary alicyclic amines) is 1. The van der Waals surface area contributed by atoms with E-state index in [0.717, 1.165) is 4.68 Å². The van der Waals surface area contributed by atoms with Gasteiger partial charge in [-0.25, -0.2) is 18.0 Å². The van der Waals surface area contributed by atoms with Crippen molar-refractivity contribution >= 4 is 28.5 Å². The Bertz CT molecular complexity index is 716. The van der Waals surface area contributed by atoms with E-state index in [1.165, 1.54) is 11.9 Å². The molecule has 0 aromatic carbocycles. The lowest BCUT2D eigenvalue weighted by atomic mass is 9.98. The van der Waals surface area contributed by atoms with Crippen molar-refractivity contribution in [1.82, 2.24) is 14.7 Å². The van der Waals surface area contributed by atoms with Crippen LogP contribution < -0.4 is 0 Å². The molecule has 0 radical (unpaired) electrons. The van der Waals surface area contributed by atoms with Gasteiger partial charge in [0.15, 0.2) is 5.50 Å². The van der Waals surface area contributed by atoms with E-state index < -0.39 is 50.9 Å². The Balaban J connectivity index is 2.05. The van der Waals surface area contributed by atoms with E-state index in [4.69, 9.17) is 16.3 Å². The minimum atomic E-state index is -3.01. The molecule has 2 heterocycles. The first-order chi connectivity index (χ1) is 12.4. The number of hydrogen-bond acceptors (Lipinski definition) is 4. The Morgan fingerprint density at radius 2 is 1.85 bits per heavy atom. The third-order valence-electron chi connectivity index (χ3n) is 4.14. The zero-order chi connectivity index (χ0) is 20.5. The second-order valence-electron chi connectivity index (χ2n) is 7.38. The number of rotatable bonds is 4. The summed E-state index contributed by atoms with van der Waals surface area (Å²) >= 11 is 5.90. The number of aryl methyl sites for hydroxylation is 1. The fourth-order valence-corrected chi connectivity index (χ4v) is 4.63. The standard InChI is InChI=1S/C16H23ClF3N3O3S/c1-16(2,3)26-15(24)23-7-5-9(6-8-23)14(20)27(25)11-10(13(18)19)21-22(4)12(11)17/h9,13-14H,5-8H2,1-4H3. The molecule has 0 N–H and O–H groups in total. The van der Waals surface area contributed by atoms with Gasteiger partial charge in [0.25, 0.3) is 6.43 Å². The number of hydrogen-bond donors (Lipinski definition) is 0. The molecule has 0 bridgehead atoms. The van der Waals surface area contributed by atoms with Gasteiger partial charge in [-0.1, -0.05) is 11.6 Å². The Morgan fingerprint density at radius 3 is 2.33 bits per heavy atom. The number of amides is 1. The Labute approximate surface area is 163 Å². The Morgan fingerprint density at radius 1 is 1.30 bits per heavy atom. The highest BCUT2D eigenvalue weighted by atomic mass is 35.5. The summed E-state index contributed by atoms with van der Waals surface area (Å²) in [6.07, 6.45) is -3.01. The number of nitrogens with zero attached hydrogens (tertiary/aromatic N) is 3. The van der Waals surface area contributed by atoms with Crippen molar-refractivity contribution in [2.24, 2.45) is 13.0 Å². The summed E-state index contributed by atoms with van der Waals surface area (Å²) in [6.45, 7) is 5.71. The summed E-state index contributed by atoms with van der Waals surface area (Å²) in [5.74, 6) is -0.647. The van der Waals surface area contributed by atoms with Crippen LogP contribution in [-0.2, 0) is 22.6 Å². The topological polar surface area (TPSA) is 64.4 Å². The van der Waals surface area contributed by atoms with E-state index in [9.17, 15) is 22.2 Å². The lowest BCUT2D eigenvalue weighted by Gasteiger charge is -2.34.